The summed E-state index contributed by atoms with van der Waals surface area (Å²) in [5, 5.41) is 8.39. The van der Waals surface area contributed by atoms with Crippen LogP contribution in [0.1, 0.15) is 20.8 Å². The molecule has 0 spiro atoms. The third-order valence-corrected chi connectivity index (χ3v) is 1.89. The van der Waals surface area contributed by atoms with Crippen molar-refractivity contribution in [3.8, 4) is 0 Å². The van der Waals surface area contributed by atoms with Crippen molar-refractivity contribution in [1.29, 1.82) is 0 Å². The van der Waals surface area contributed by atoms with Crippen LogP contribution in [0.25, 0.3) is 0 Å². The Hall–Kier alpha value is -1.20. The van der Waals surface area contributed by atoms with Crippen LogP contribution in [0.2, 0.25) is 0 Å². The molecule has 0 aliphatic heterocycles. The highest BCUT2D eigenvalue weighted by Gasteiger charge is 2.14. The molecular weight excluding hydrogens is 172 g/mol. The van der Waals surface area contributed by atoms with Gasteiger partial charge in [-0.3, -0.25) is 10.0 Å². The molecule has 0 aromatic carbocycles. The molecule has 76 valence electrons. The van der Waals surface area contributed by atoms with Crippen molar-refractivity contribution >= 4 is 0 Å². The fourth-order valence-corrected chi connectivity index (χ4v) is 1.07. The summed E-state index contributed by atoms with van der Waals surface area (Å²) < 4.78 is 0. The minimum absolute atomic E-state index is 0.0832. The number of hydrogen-bond donors (Lipinski definition) is 0. The van der Waals surface area contributed by atoms with E-state index in [9.17, 15) is 9.81 Å². The molecule has 0 aliphatic rings. The van der Waals surface area contributed by atoms with Gasteiger partial charge in [-0.25, -0.2) is 0 Å². The summed E-state index contributed by atoms with van der Waals surface area (Å²) in [7, 11) is 0. The van der Waals surface area contributed by atoms with E-state index >= 15 is 0 Å². The highest BCUT2D eigenvalue weighted by Crippen LogP contribution is 2.02. The van der Waals surface area contributed by atoms with Gasteiger partial charge in [-0.05, 0) is 20.8 Å². The second-order valence-corrected chi connectivity index (χ2v) is 2.77. The van der Waals surface area contributed by atoms with Gasteiger partial charge in [0, 0.05) is 13.1 Å². The Balaban J connectivity index is 4.01. The molecule has 0 radical (unpaired) electrons. The number of hydrogen-bond acceptors (Lipinski definition) is 4. The Morgan fingerprint density at radius 3 is 2.08 bits per heavy atom. The zero-order valence-electron chi connectivity index (χ0n) is 8.30. The lowest BCUT2D eigenvalue weighted by atomic mass is 10.3. The van der Waals surface area contributed by atoms with E-state index in [-0.39, 0.29) is 6.04 Å². The van der Waals surface area contributed by atoms with Crippen molar-refractivity contribution in [2.75, 3.05) is 19.6 Å². The highest BCUT2D eigenvalue weighted by molar-refractivity contribution is 4.65. The van der Waals surface area contributed by atoms with Gasteiger partial charge in [0.25, 0.3) is 0 Å². The fraction of sp³-hybridized carbons (Fsp3) is 1.00. The first-order valence-electron chi connectivity index (χ1n) is 4.37. The molecule has 0 amide bonds. The molecule has 0 heterocycles. The van der Waals surface area contributed by atoms with Crippen molar-refractivity contribution in [3.05, 3.63) is 9.81 Å². The molecule has 0 aromatic rings. The SMILES string of the molecule is CCN(CC(C)N(CC)N=O)N=O. The average molecular weight is 188 g/mol. The molecule has 0 N–H and O–H groups in total. The molecule has 13 heavy (non-hydrogen) atoms. The summed E-state index contributed by atoms with van der Waals surface area (Å²) in [5.41, 5.74) is 0. The Kier molecular flexibility index (Phi) is 5.75. The van der Waals surface area contributed by atoms with Gasteiger partial charge in [0.15, 0.2) is 0 Å². The topological polar surface area (TPSA) is 65.3 Å². The van der Waals surface area contributed by atoms with E-state index in [1.807, 2.05) is 20.8 Å². The second kappa shape index (κ2) is 6.33. The predicted molar refractivity (Wildman–Crippen MR) is 50.7 cm³/mol. The fourth-order valence-electron chi connectivity index (χ4n) is 1.07. The second-order valence-electron chi connectivity index (χ2n) is 2.77. The van der Waals surface area contributed by atoms with Gasteiger partial charge in [0.1, 0.15) is 0 Å². The maximum absolute atomic E-state index is 10.3. The lowest BCUT2D eigenvalue weighted by Gasteiger charge is -2.24. The molecule has 0 saturated heterocycles. The smallest absolute Gasteiger partial charge is 0.0667 e. The summed E-state index contributed by atoms with van der Waals surface area (Å²) in [6, 6.07) is -0.0832. The first-order chi connectivity index (χ1) is 6.19. The van der Waals surface area contributed by atoms with Gasteiger partial charge >= 0.3 is 0 Å². The van der Waals surface area contributed by atoms with E-state index in [4.69, 9.17) is 0 Å². The normalized spacial score (nSPS) is 11.9. The molecule has 0 saturated carbocycles. The van der Waals surface area contributed by atoms with Crippen molar-refractivity contribution in [1.82, 2.24) is 10.0 Å². The Morgan fingerprint density at radius 1 is 1.15 bits per heavy atom. The molecule has 1 atom stereocenters. The molecule has 0 bridgehead atoms. The van der Waals surface area contributed by atoms with Crippen LogP contribution in [-0.4, -0.2) is 35.7 Å². The summed E-state index contributed by atoms with van der Waals surface area (Å²) in [6.45, 7) is 7.02. The average Bonchev–Trinajstić information content (AvgIpc) is 2.16. The van der Waals surface area contributed by atoms with E-state index in [0.717, 1.165) is 0 Å². The van der Waals surface area contributed by atoms with Crippen molar-refractivity contribution < 1.29 is 0 Å². The Bertz CT molecular complexity index is 165. The number of nitroso groups, excluding NO2 is 2. The van der Waals surface area contributed by atoms with Crippen molar-refractivity contribution in [3.63, 3.8) is 0 Å². The summed E-state index contributed by atoms with van der Waals surface area (Å²) in [4.78, 5) is 20.5. The standard InChI is InChI=1S/C7H16N4O2/c1-4-10(8-12)6-7(3)11(5-2)9-13/h7H,4-6H2,1-3H3. The molecule has 0 aliphatic carbocycles. The van der Waals surface area contributed by atoms with E-state index in [1.165, 1.54) is 10.0 Å². The van der Waals surface area contributed by atoms with Gasteiger partial charge in [-0.15, -0.1) is 9.81 Å². The van der Waals surface area contributed by atoms with Crippen molar-refractivity contribution in [2.45, 2.75) is 26.8 Å². The van der Waals surface area contributed by atoms with Crippen LogP contribution in [0.3, 0.4) is 0 Å². The molecular formula is C7H16N4O2. The minimum atomic E-state index is -0.0832. The van der Waals surface area contributed by atoms with Gasteiger partial charge in [0.05, 0.1) is 23.2 Å². The first-order valence-corrected chi connectivity index (χ1v) is 4.37. The summed E-state index contributed by atoms with van der Waals surface area (Å²) in [5.74, 6) is 0. The quantitative estimate of drug-likeness (QED) is 0.447. The minimum Gasteiger partial charge on any atom is -0.259 e. The lowest BCUT2D eigenvalue weighted by Crippen LogP contribution is -2.37. The van der Waals surface area contributed by atoms with Crippen LogP contribution in [0.15, 0.2) is 10.6 Å². The summed E-state index contributed by atoms with van der Waals surface area (Å²) >= 11 is 0. The van der Waals surface area contributed by atoms with Crippen LogP contribution >= 0.6 is 0 Å². The first kappa shape index (κ1) is 11.8. The predicted octanol–water partition coefficient (Wildman–Crippen LogP) is 1.38. The largest absolute Gasteiger partial charge is 0.259 e. The van der Waals surface area contributed by atoms with E-state index in [2.05, 4.69) is 10.6 Å². The number of nitrogens with zero attached hydrogens (tertiary/aromatic N) is 4. The third-order valence-electron chi connectivity index (χ3n) is 1.89. The maximum Gasteiger partial charge on any atom is 0.0667 e. The number of likely N-dealkylation sites (N-methyl/N-ethyl adjacent to an activating group) is 2. The van der Waals surface area contributed by atoms with Crippen LogP contribution in [-0.2, 0) is 0 Å². The maximum atomic E-state index is 10.3. The van der Waals surface area contributed by atoms with Gasteiger partial charge in [0.2, 0.25) is 0 Å². The monoisotopic (exact) mass is 188 g/mol. The molecule has 6 nitrogen and oxygen atoms in total. The lowest BCUT2D eigenvalue weighted by molar-refractivity contribution is 0.161. The van der Waals surface area contributed by atoms with E-state index < -0.39 is 0 Å². The molecule has 0 aromatic heterocycles. The molecule has 0 rings (SSSR count). The molecule has 6 heteroatoms. The zero-order chi connectivity index (χ0) is 10.3. The van der Waals surface area contributed by atoms with Gasteiger partial charge in [-0.2, -0.15) is 0 Å². The van der Waals surface area contributed by atoms with Gasteiger partial charge < -0.3 is 0 Å². The molecule has 0 fully saturated rings. The van der Waals surface area contributed by atoms with E-state index in [1.54, 1.807) is 0 Å². The van der Waals surface area contributed by atoms with Crippen LogP contribution in [0, 0.1) is 9.81 Å². The Morgan fingerprint density at radius 2 is 1.77 bits per heavy atom. The van der Waals surface area contributed by atoms with Crippen LogP contribution in [0.4, 0.5) is 0 Å². The summed E-state index contributed by atoms with van der Waals surface area (Å²) in [6.07, 6.45) is 0. The van der Waals surface area contributed by atoms with Crippen LogP contribution in [0.5, 0.6) is 0 Å². The zero-order valence-corrected chi connectivity index (χ0v) is 8.30. The van der Waals surface area contributed by atoms with E-state index in [0.29, 0.717) is 19.6 Å². The molecule has 1 unspecified atom stereocenters. The third kappa shape index (κ3) is 3.82. The van der Waals surface area contributed by atoms with Crippen LogP contribution < -0.4 is 0 Å². The number of rotatable bonds is 7. The Labute approximate surface area is 77.8 Å². The highest BCUT2D eigenvalue weighted by atomic mass is 16.3. The van der Waals surface area contributed by atoms with Crippen molar-refractivity contribution in [2.24, 2.45) is 10.6 Å². The van der Waals surface area contributed by atoms with Gasteiger partial charge in [-0.1, -0.05) is 0 Å².